The highest BCUT2D eigenvalue weighted by molar-refractivity contribution is 5.83. The molecule has 25 heavy (non-hydrogen) atoms. The molecule has 7 nitrogen and oxygen atoms in total. The van der Waals surface area contributed by atoms with Gasteiger partial charge in [0.25, 0.3) is 0 Å². The summed E-state index contributed by atoms with van der Waals surface area (Å²) in [4.78, 5) is 40.6. The van der Waals surface area contributed by atoms with Gasteiger partial charge in [-0.2, -0.15) is 0 Å². The summed E-state index contributed by atoms with van der Waals surface area (Å²) < 4.78 is 0. The lowest BCUT2D eigenvalue weighted by Gasteiger charge is -2.35. The normalized spacial score (nSPS) is 14.9. The van der Waals surface area contributed by atoms with Crippen LogP contribution in [0.15, 0.2) is 30.3 Å². The smallest absolute Gasteiger partial charge is 0.323 e. The van der Waals surface area contributed by atoms with E-state index in [4.69, 9.17) is 5.11 Å². The third kappa shape index (κ3) is 5.20. The number of carbonyl (C=O) groups is 3. The van der Waals surface area contributed by atoms with Crippen molar-refractivity contribution in [1.29, 1.82) is 0 Å². The summed E-state index contributed by atoms with van der Waals surface area (Å²) in [5.74, 6) is -1.41. The summed E-state index contributed by atoms with van der Waals surface area (Å²) >= 11 is 0. The lowest BCUT2D eigenvalue weighted by molar-refractivity contribution is -0.147. The maximum absolute atomic E-state index is 12.8. The fourth-order valence-corrected chi connectivity index (χ4v) is 3.04. The molecule has 7 heteroatoms. The second-order valence-corrected chi connectivity index (χ2v) is 6.51. The van der Waals surface area contributed by atoms with Gasteiger partial charge in [-0.15, -0.1) is 0 Å². The Morgan fingerprint density at radius 2 is 1.72 bits per heavy atom. The molecule has 1 heterocycles. The van der Waals surface area contributed by atoms with Crippen molar-refractivity contribution in [2.45, 2.75) is 19.4 Å². The number of hydrogen-bond donors (Lipinski definition) is 1. The average Bonchev–Trinajstić information content (AvgIpc) is 2.60. The van der Waals surface area contributed by atoms with Crippen molar-refractivity contribution >= 4 is 17.9 Å². The number of rotatable bonds is 5. The van der Waals surface area contributed by atoms with Gasteiger partial charge in [0.1, 0.15) is 6.54 Å². The van der Waals surface area contributed by atoms with Gasteiger partial charge >= 0.3 is 12.0 Å². The van der Waals surface area contributed by atoms with Gasteiger partial charge in [0.2, 0.25) is 5.91 Å². The number of nitrogens with zero attached hydrogens (tertiary/aromatic N) is 3. The van der Waals surface area contributed by atoms with E-state index < -0.39 is 5.97 Å². The number of likely N-dealkylation sites (tertiary alicyclic amines) is 1. The van der Waals surface area contributed by atoms with Gasteiger partial charge in [-0.1, -0.05) is 30.3 Å². The van der Waals surface area contributed by atoms with Crippen LogP contribution in [-0.4, -0.2) is 71.4 Å². The molecule has 0 bridgehead atoms. The molecule has 1 fully saturated rings. The molecule has 0 aliphatic carbocycles. The van der Waals surface area contributed by atoms with Crippen molar-refractivity contribution in [3.05, 3.63) is 35.9 Å². The Morgan fingerprint density at radius 1 is 1.12 bits per heavy atom. The van der Waals surface area contributed by atoms with E-state index >= 15 is 0 Å². The number of benzene rings is 1. The van der Waals surface area contributed by atoms with Gasteiger partial charge in [-0.25, -0.2) is 4.79 Å². The summed E-state index contributed by atoms with van der Waals surface area (Å²) in [5, 5.41) is 9.13. The fraction of sp³-hybridized carbons (Fsp3) is 0.500. The quantitative estimate of drug-likeness (QED) is 0.875. The van der Waals surface area contributed by atoms with Gasteiger partial charge < -0.3 is 19.8 Å². The molecule has 1 aliphatic heterocycles. The van der Waals surface area contributed by atoms with Crippen LogP contribution in [0, 0.1) is 5.92 Å². The number of hydrogen-bond acceptors (Lipinski definition) is 3. The second-order valence-electron chi connectivity index (χ2n) is 6.51. The number of amides is 3. The molecule has 1 aromatic carbocycles. The maximum Gasteiger partial charge on any atom is 0.323 e. The highest BCUT2D eigenvalue weighted by atomic mass is 16.4. The molecule has 1 N–H and O–H groups in total. The molecule has 0 saturated carbocycles. The number of piperidine rings is 1. The predicted molar refractivity (Wildman–Crippen MR) is 92.9 cm³/mol. The van der Waals surface area contributed by atoms with Crippen molar-refractivity contribution < 1.29 is 19.5 Å². The Kier molecular flexibility index (Phi) is 6.38. The Morgan fingerprint density at radius 3 is 2.24 bits per heavy atom. The number of carboxylic acids is 1. The van der Waals surface area contributed by atoms with Crippen LogP contribution in [0.3, 0.4) is 0 Å². The molecule has 0 atom stereocenters. The van der Waals surface area contributed by atoms with Crippen LogP contribution in [0.4, 0.5) is 4.79 Å². The maximum atomic E-state index is 12.8. The number of carboxylic acid groups (broad SMARTS) is 1. The van der Waals surface area contributed by atoms with Crippen LogP contribution in [0.5, 0.6) is 0 Å². The molecule has 1 aromatic rings. The van der Waals surface area contributed by atoms with Crippen molar-refractivity contribution in [3.8, 4) is 0 Å². The summed E-state index contributed by atoms with van der Waals surface area (Å²) in [7, 11) is 3.40. The van der Waals surface area contributed by atoms with Gasteiger partial charge in [0, 0.05) is 39.6 Å². The van der Waals surface area contributed by atoms with E-state index in [0.29, 0.717) is 25.9 Å². The summed E-state index contributed by atoms with van der Waals surface area (Å²) in [6, 6.07) is 9.30. The summed E-state index contributed by atoms with van der Waals surface area (Å²) in [6.07, 6.45) is 1.12. The molecule has 1 saturated heterocycles. The standard InChI is InChI=1S/C18H25N3O4/c1-19(2)18(25)20-10-8-15(9-11-20)17(24)21(13-16(22)23)12-14-6-4-3-5-7-14/h3-7,15H,8-13H2,1-2H3,(H,22,23). The first kappa shape index (κ1) is 18.8. The molecule has 3 amide bonds. The molecular weight excluding hydrogens is 322 g/mol. The largest absolute Gasteiger partial charge is 0.480 e. The Balaban J connectivity index is 2.00. The second kappa shape index (κ2) is 8.50. The van der Waals surface area contributed by atoms with Crippen LogP contribution >= 0.6 is 0 Å². The molecule has 1 aliphatic rings. The third-order valence-corrected chi connectivity index (χ3v) is 4.35. The number of carbonyl (C=O) groups excluding carboxylic acids is 2. The molecule has 0 aromatic heterocycles. The summed E-state index contributed by atoms with van der Waals surface area (Å²) in [6.45, 7) is 0.993. The van der Waals surface area contributed by atoms with Gasteiger partial charge in [-0.3, -0.25) is 9.59 Å². The topological polar surface area (TPSA) is 81.2 Å². The first-order chi connectivity index (χ1) is 11.9. The summed E-state index contributed by atoms with van der Waals surface area (Å²) in [5.41, 5.74) is 0.900. The van der Waals surface area contributed by atoms with E-state index in [1.54, 1.807) is 19.0 Å². The van der Waals surface area contributed by atoms with E-state index in [1.807, 2.05) is 30.3 Å². The van der Waals surface area contributed by atoms with E-state index in [0.717, 1.165) is 5.56 Å². The van der Waals surface area contributed by atoms with E-state index in [9.17, 15) is 14.4 Å². The molecule has 2 rings (SSSR count). The Hall–Kier alpha value is -2.57. The van der Waals surface area contributed by atoms with Crippen molar-refractivity contribution in [3.63, 3.8) is 0 Å². The zero-order chi connectivity index (χ0) is 18.4. The lowest BCUT2D eigenvalue weighted by Crippen LogP contribution is -2.47. The zero-order valence-electron chi connectivity index (χ0n) is 14.7. The zero-order valence-corrected chi connectivity index (χ0v) is 14.7. The monoisotopic (exact) mass is 347 g/mol. The predicted octanol–water partition coefficient (Wildman–Crippen LogP) is 1.49. The molecule has 0 spiro atoms. The van der Waals surface area contributed by atoms with Crippen LogP contribution in [0.1, 0.15) is 18.4 Å². The fourth-order valence-electron chi connectivity index (χ4n) is 3.04. The first-order valence-electron chi connectivity index (χ1n) is 8.39. The SMILES string of the molecule is CN(C)C(=O)N1CCC(C(=O)N(CC(=O)O)Cc2ccccc2)CC1. The van der Waals surface area contributed by atoms with Crippen LogP contribution < -0.4 is 0 Å². The van der Waals surface area contributed by atoms with E-state index in [2.05, 4.69) is 0 Å². The third-order valence-electron chi connectivity index (χ3n) is 4.35. The van der Waals surface area contributed by atoms with Crippen molar-refractivity contribution in [2.75, 3.05) is 33.7 Å². The Labute approximate surface area is 147 Å². The van der Waals surface area contributed by atoms with Crippen molar-refractivity contribution in [2.24, 2.45) is 5.92 Å². The minimum atomic E-state index is -1.02. The average molecular weight is 347 g/mol. The molecule has 136 valence electrons. The van der Waals surface area contributed by atoms with Gasteiger partial charge in [-0.05, 0) is 18.4 Å². The first-order valence-corrected chi connectivity index (χ1v) is 8.39. The van der Waals surface area contributed by atoms with Crippen molar-refractivity contribution in [1.82, 2.24) is 14.7 Å². The van der Waals surface area contributed by atoms with Gasteiger partial charge in [0.15, 0.2) is 0 Å². The van der Waals surface area contributed by atoms with Gasteiger partial charge in [0.05, 0.1) is 0 Å². The Bertz CT molecular complexity index is 610. The van der Waals surface area contributed by atoms with Crippen LogP contribution in [0.25, 0.3) is 0 Å². The number of aliphatic carboxylic acids is 1. The van der Waals surface area contributed by atoms with Crippen LogP contribution in [-0.2, 0) is 16.1 Å². The van der Waals surface area contributed by atoms with E-state index in [1.165, 1.54) is 9.80 Å². The molecule has 0 unspecified atom stereocenters. The highest BCUT2D eigenvalue weighted by Gasteiger charge is 2.31. The minimum Gasteiger partial charge on any atom is -0.480 e. The lowest BCUT2D eigenvalue weighted by atomic mass is 9.95. The highest BCUT2D eigenvalue weighted by Crippen LogP contribution is 2.21. The number of urea groups is 1. The minimum absolute atomic E-state index is 0.0578. The molecule has 0 radical (unpaired) electrons. The van der Waals surface area contributed by atoms with E-state index in [-0.39, 0.29) is 30.9 Å². The molecular formula is C18H25N3O4. The van der Waals surface area contributed by atoms with Crippen LogP contribution in [0.2, 0.25) is 0 Å².